The highest BCUT2D eigenvalue weighted by atomic mass is 16.6. The lowest BCUT2D eigenvalue weighted by Gasteiger charge is -2.59. The monoisotopic (exact) mass is 348 g/mol. The molecule has 0 unspecified atom stereocenters. The predicted molar refractivity (Wildman–Crippen MR) is 92.6 cm³/mol. The van der Waals surface area contributed by atoms with E-state index in [0.29, 0.717) is 30.4 Å². The van der Waals surface area contributed by atoms with Gasteiger partial charge in [0.1, 0.15) is 17.8 Å². The number of allylic oxidation sites excluding steroid dienone is 1. The van der Waals surface area contributed by atoms with Crippen molar-refractivity contribution in [2.45, 2.75) is 78.1 Å². The molecule has 2 fully saturated rings. The second kappa shape index (κ2) is 5.97. The molecule has 1 aliphatic heterocycles. The fourth-order valence-corrected chi connectivity index (χ4v) is 4.69. The minimum atomic E-state index is -1.20. The fraction of sp³-hybridized carbons (Fsp3) is 0.700. The van der Waals surface area contributed by atoms with Crippen LogP contribution in [0.1, 0.15) is 60.3 Å². The zero-order chi connectivity index (χ0) is 18.6. The third-order valence-corrected chi connectivity index (χ3v) is 6.96. The van der Waals surface area contributed by atoms with E-state index in [2.05, 4.69) is 13.8 Å². The van der Waals surface area contributed by atoms with Crippen LogP contribution in [0.3, 0.4) is 0 Å². The van der Waals surface area contributed by atoms with Crippen LogP contribution < -0.4 is 0 Å². The standard InChI is InChI=1S/C20H28O5/c1-6-11(2)17(21)25-16-8-7-12(3)19(5)9-14-13(4)18(22)24-15(14)10-20(16,19)23/h6,12,15-16,23H,7-10H2,1-5H3/b11-6-/t12-,15-,16-,19+,20+/m0/s1. The van der Waals surface area contributed by atoms with Crippen LogP contribution in [0.5, 0.6) is 0 Å². The molecule has 0 spiro atoms. The van der Waals surface area contributed by atoms with E-state index in [1.54, 1.807) is 26.8 Å². The van der Waals surface area contributed by atoms with Gasteiger partial charge < -0.3 is 14.6 Å². The Hall–Kier alpha value is -1.62. The molecule has 5 heteroatoms. The van der Waals surface area contributed by atoms with Crippen LogP contribution in [0, 0.1) is 11.3 Å². The molecule has 0 amide bonds. The fourth-order valence-electron chi connectivity index (χ4n) is 4.69. The summed E-state index contributed by atoms with van der Waals surface area (Å²) in [5.41, 5.74) is 0.544. The van der Waals surface area contributed by atoms with Crippen LogP contribution in [0.25, 0.3) is 0 Å². The zero-order valence-corrected chi connectivity index (χ0v) is 15.7. The van der Waals surface area contributed by atoms with E-state index < -0.39 is 29.2 Å². The molecule has 0 radical (unpaired) electrons. The molecule has 2 saturated carbocycles. The quantitative estimate of drug-likeness (QED) is 0.613. The van der Waals surface area contributed by atoms with Gasteiger partial charge in [-0.15, -0.1) is 0 Å². The normalized spacial score (nSPS) is 41.1. The van der Waals surface area contributed by atoms with E-state index in [1.165, 1.54) is 0 Å². The number of carbonyl (C=O) groups is 2. The summed E-state index contributed by atoms with van der Waals surface area (Å²) >= 11 is 0. The van der Waals surface area contributed by atoms with Crippen LogP contribution in [-0.4, -0.2) is 34.9 Å². The Balaban J connectivity index is 1.96. The number of fused-ring (bicyclic) bond motifs is 2. The molecule has 3 rings (SSSR count). The Labute approximate surface area is 149 Å². The van der Waals surface area contributed by atoms with E-state index in [1.807, 2.05) is 0 Å². The molecular weight excluding hydrogens is 320 g/mol. The van der Waals surface area contributed by atoms with Gasteiger partial charge in [-0.1, -0.05) is 19.9 Å². The molecule has 1 N–H and O–H groups in total. The molecule has 2 aliphatic carbocycles. The van der Waals surface area contributed by atoms with Gasteiger partial charge in [-0.05, 0) is 51.5 Å². The van der Waals surface area contributed by atoms with E-state index in [0.717, 1.165) is 12.0 Å². The third-order valence-electron chi connectivity index (χ3n) is 6.96. The number of hydrogen-bond acceptors (Lipinski definition) is 5. The summed E-state index contributed by atoms with van der Waals surface area (Å²) < 4.78 is 11.2. The Morgan fingerprint density at radius 1 is 1.40 bits per heavy atom. The number of aliphatic hydroxyl groups is 1. The summed E-state index contributed by atoms with van der Waals surface area (Å²) in [4.78, 5) is 24.2. The topological polar surface area (TPSA) is 72.8 Å². The zero-order valence-electron chi connectivity index (χ0n) is 15.7. The van der Waals surface area contributed by atoms with Crippen molar-refractivity contribution in [3.63, 3.8) is 0 Å². The van der Waals surface area contributed by atoms with Gasteiger partial charge in [0.05, 0.1) is 0 Å². The van der Waals surface area contributed by atoms with Crippen molar-refractivity contribution < 1.29 is 24.2 Å². The van der Waals surface area contributed by atoms with Crippen LogP contribution in [0.2, 0.25) is 0 Å². The van der Waals surface area contributed by atoms with E-state index in [4.69, 9.17) is 9.47 Å². The first-order chi connectivity index (χ1) is 11.6. The van der Waals surface area contributed by atoms with Crippen molar-refractivity contribution >= 4 is 11.9 Å². The molecular formula is C20H28O5. The molecule has 1 heterocycles. The smallest absolute Gasteiger partial charge is 0.334 e. The van der Waals surface area contributed by atoms with Crippen molar-refractivity contribution in [2.24, 2.45) is 11.3 Å². The molecule has 25 heavy (non-hydrogen) atoms. The van der Waals surface area contributed by atoms with Gasteiger partial charge in [0.2, 0.25) is 0 Å². The Morgan fingerprint density at radius 2 is 2.08 bits per heavy atom. The average molecular weight is 348 g/mol. The maximum Gasteiger partial charge on any atom is 0.334 e. The molecule has 0 aromatic rings. The minimum absolute atomic E-state index is 0.257. The molecule has 138 valence electrons. The van der Waals surface area contributed by atoms with Crippen molar-refractivity contribution in [1.29, 1.82) is 0 Å². The summed E-state index contributed by atoms with van der Waals surface area (Å²) in [7, 11) is 0. The maximum atomic E-state index is 12.3. The predicted octanol–water partition coefficient (Wildman–Crippen LogP) is 3.07. The lowest BCUT2D eigenvalue weighted by molar-refractivity contribution is -0.231. The van der Waals surface area contributed by atoms with Crippen LogP contribution in [-0.2, 0) is 19.1 Å². The second-order valence-electron chi connectivity index (χ2n) is 8.11. The van der Waals surface area contributed by atoms with Crippen molar-refractivity contribution in [3.8, 4) is 0 Å². The first kappa shape index (κ1) is 18.2. The summed E-state index contributed by atoms with van der Waals surface area (Å²) in [6.07, 6.45) is 3.10. The van der Waals surface area contributed by atoms with Crippen LogP contribution in [0.4, 0.5) is 0 Å². The number of hydrogen-bond donors (Lipinski definition) is 1. The van der Waals surface area contributed by atoms with Crippen molar-refractivity contribution in [3.05, 3.63) is 22.8 Å². The van der Waals surface area contributed by atoms with E-state index in [-0.39, 0.29) is 11.9 Å². The van der Waals surface area contributed by atoms with E-state index >= 15 is 0 Å². The van der Waals surface area contributed by atoms with E-state index in [9.17, 15) is 14.7 Å². The highest BCUT2D eigenvalue weighted by Crippen LogP contribution is 2.59. The van der Waals surface area contributed by atoms with Gasteiger partial charge in [-0.25, -0.2) is 9.59 Å². The number of carbonyl (C=O) groups excluding carboxylic acids is 2. The second-order valence-corrected chi connectivity index (χ2v) is 8.11. The highest BCUT2D eigenvalue weighted by molar-refractivity contribution is 5.92. The molecule has 3 aliphatic rings. The van der Waals surface area contributed by atoms with Gasteiger partial charge in [0.25, 0.3) is 0 Å². The molecule has 0 saturated heterocycles. The van der Waals surface area contributed by atoms with Crippen molar-refractivity contribution in [1.82, 2.24) is 0 Å². The summed E-state index contributed by atoms with van der Waals surface area (Å²) in [6, 6.07) is 0. The van der Waals surface area contributed by atoms with Gasteiger partial charge in [-0.3, -0.25) is 0 Å². The number of ether oxygens (including phenoxy) is 2. The largest absolute Gasteiger partial charge is 0.456 e. The Kier molecular flexibility index (Phi) is 4.34. The summed E-state index contributed by atoms with van der Waals surface area (Å²) in [6.45, 7) is 9.48. The lowest BCUT2D eigenvalue weighted by atomic mass is 9.51. The molecule has 5 nitrogen and oxygen atoms in total. The first-order valence-corrected chi connectivity index (χ1v) is 9.11. The summed E-state index contributed by atoms with van der Waals surface area (Å²) in [5, 5.41) is 11.7. The third kappa shape index (κ3) is 2.55. The molecule has 0 aromatic carbocycles. The molecule has 0 aromatic heterocycles. The molecule has 0 bridgehead atoms. The number of rotatable bonds is 2. The van der Waals surface area contributed by atoms with Gasteiger partial charge in [0, 0.05) is 23.0 Å². The first-order valence-electron chi connectivity index (χ1n) is 9.11. The average Bonchev–Trinajstić information content (AvgIpc) is 2.83. The van der Waals surface area contributed by atoms with Gasteiger partial charge in [-0.2, -0.15) is 0 Å². The SMILES string of the molecule is C/C=C(/C)C(=O)O[C@H]1CC[C@H](C)[C@@]2(C)CC3=C(C)C(=O)O[C@H]3C[C@@]12O. The minimum Gasteiger partial charge on any atom is -0.456 e. The Bertz CT molecular complexity index is 676. The lowest BCUT2D eigenvalue weighted by Crippen LogP contribution is -2.65. The van der Waals surface area contributed by atoms with Gasteiger partial charge >= 0.3 is 11.9 Å². The number of esters is 2. The van der Waals surface area contributed by atoms with Crippen LogP contribution >= 0.6 is 0 Å². The Morgan fingerprint density at radius 3 is 2.72 bits per heavy atom. The maximum absolute atomic E-state index is 12.3. The molecule has 5 atom stereocenters. The highest BCUT2D eigenvalue weighted by Gasteiger charge is 2.64. The van der Waals surface area contributed by atoms with Gasteiger partial charge in [0.15, 0.2) is 0 Å². The van der Waals surface area contributed by atoms with Crippen LogP contribution in [0.15, 0.2) is 22.8 Å². The summed E-state index contributed by atoms with van der Waals surface area (Å²) in [5.74, 6) is -0.428. The van der Waals surface area contributed by atoms with Crippen molar-refractivity contribution in [2.75, 3.05) is 0 Å².